The van der Waals surface area contributed by atoms with E-state index in [0.717, 1.165) is 0 Å². The minimum atomic E-state index is -0.629. The van der Waals surface area contributed by atoms with E-state index < -0.39 is 23.2 Å². The van der Waals surface area contributed by atoms with Gasteiger partial charge in [-0.25, -0.2) is 28.4 Å². The Morgan fingerprint density at radius 1 is 1.11 bits per heavy atom. The summed E-state index contributed by atoms with van der Waals surface area (Å²) < 4.78 is 36.9. The first kappa shape index (κ1) is 22.4. The Morgan fingerprint density at radius 2 is 1.91 bits per heavy atom. The van der Waals surface area contributed by atoms with Crippen molar-refractivity contribution in [1.82, 2.24) is 29.3 Å². The number of nitrogen functional groups attached to an aromatic ring is 1. The second-order valence-corrected chi connectivity index (χ2v) is 7.93. The van der Waals surface area contributed by atoms with Crippen LogP contribution in [0.4, 0.5) is 14.6 Å². The lowest BCUT2D eigenvalue weighted by molar-refractivity contribution is 0.386. The topological polar surface area (TPSA) is 114 Å². The predicted molar refractivity (Wildman–Crippen MR) is 127 cm³/mol. The molecule has 35 heavy (non-hydrogen) atoms. The Balaban J connectivity index is 1.76. The Labute approximate surface area is 197 Å². The average molecular weight is 477 g/mol. The van der Waals surface area contributed by atoms with Gasteiger partial charge in [0.2, 0.25) is 0 Å². The first-order chi connectivity index (χ1) is 16.8. The van der Waals surface area contributed by atoms with Gasteiger partial charge in [-0.15, -0.1) is 0 Å². The summed E-state index contributed by atoms with van der Waals surface area (Å²) in [6.07, 6.45) is 1.30. The molecule has 5 aromatic rings. The molecule has 3 aromatic heterocycles. The maximum atomic E-state index is 14.5. The molecule has 2 N–H and O–H groups in total. The normalized spacial score (nSPS) is 12.4. The van der Waals surface area contributed by atoms with Crippen molar-refractivity contribution in [3.8, 4) is 17.0 Å². The zero-order valence-electron chi connectivity index (χ0n) is 19.2. The van der Waals surface area contributed by atoms with Crippen molar-refractivity contribution in [1.29, 1.82) is 0 Å². The first-order valence-electron chi connectivity index (χ1n) is 10.9. The van der Waals surface area contributed by atoms with E-state index in [9.17, 15) is 13.6 Å². The van der Waals surface area contributed by atoms with Crippen LogP contribution >= 0.6 is 0 Å². The van der Waals surface area contributed by atoms with Crippen molar-refractivity contribution in [3.05, 3.63) is 70.5 Å². The predicted octanol–water partition coefficient (Wildman–Crippen LogP) is 3.70. The number of aromatic nitrogens is 6. The third-order valence-corrected chi connectivity index (χ3v) is 5.96. The molecule has 0 aliphatic carbocycles. The van der Waals surface area contributed by atoms with Crippen molar-refractivity contribution >= 4 is 27.8 Å². The van der Waals surface area contributed by atoms with Crippen LogP contribution in [0.1, 0.15) is 25.7 Å². The number of nitrogens with two attached hydrogens (primary N) is 1. The van der Waals surface area contributed by atoms with Crippen LogP contribution in [0.3, 0.4) is 0 Å². The molecule has 0 saturated carbocycles. The maximum Gasteiger partial charge on any atom is 0.264 e. The highest BCUT2D eigenvalue weighted by molar-refractivity contribution is 5.98. The Kier molecular flexibility index (Phi) is 5.39. The fourth-order valence-corrected chi connectivity index (χ4v) is 4.26. The number of fused-ring (bicyclic) bond motifs is 2. The molecule has 11 heteroatoms. The van der Waals surface area contributed by atoms with E-state index in [0.29, 0.717) is 28.1 Å². The van der Waals surface area contributed by atoms with E-state index in [1.807, 2.05) is 0 Å². The minimum Gasteiger partial charge on any atom is -0.494 e. The highest BCUT2D eigenvalue weighted by Gasteiger charge is 2.25. The quantitative estimate of drug-likeness (QED) is 0.411. The smallest absolute Gasteiger partial charge is 0.264 e. The number of hydrogen-bond donors (Lipinski definition) is 1. The maximum absolute atomic E-state index is 14.5. The van der Waals surface area contributed by atoms with Gasteiger partial charge in [0, 0.05) is 12.1 Å². The van der Waals surface area contributed by atoms with Gasteiger partial charge < -0.3 is 10.5 Å². The van der Waals surface area contributed by atoms with Gasteiger partial charge in [0.25, 0.3) is 5.56 Å². The number of benzene rings is 2. The molecule has 178 valence electrons. The molecule has 0 saturated heterocycles. The molecule has 0 aliphatic heterocycles. The monoisotopic (exact) mass is 477 g/mol. The van der Waals surface area contributed by atoms with E-state index in [2.05, 4.69) is 15.0 Å². The molecule has 3 heterocycles. The number of ether oxygens (including phenoxy) is 1. The van der Waals surface area contributed by atoms with Gasteiger partial charge in [-0.2, -0.15) is 5.10 Å². The number of hydrogen-bond acceptors (Lipinski definition) is 7. The SMILES string of the molecule is CCn1c(C(C)n2nc(-c3ccc(OC)c(F)c3)c3c(N)ncnc32)nc2cccc(F)c2c1=O. The lowest BCUT2D eigenvalue weighted by Crippen LogP contribution is -2.28. The van der Waals surface area contributed by atoms with Crippen LogP contribution in [0.2, 0.25) is 0 Å². The van der Waals surface area contributed by atoms with E-state index in [1.54, 1.807) is 30.7 Å². The summed E-state index contributed by atoms with van der Waals surface area (Å²) in [6.45, 7) is 3.84. The third-order valence-electron chi connectivity index (χ3n) is 5.96. The molecule has 1 atom stereocenters. The van der Waals surface area contributed by atoms with Gasteiger partial charge in [0.05, 0.1) is 18.0 Å². The van der Waals surface area contributed by atoms with Crippen LogP contribution in [-0.2, 0) is 6.54 Å². The van der Waals surface area contributed by atoms with Gasteiger partial charge in [0.15, 0.2) is 17.2 Å². The molecule has 0 fully saturated rings. The summed E-state index contributed by atoms with van der Waals surface area (Å²) in [6, 6.07) is 8.16. The van der Waals surface area contributed by atoms with E-state index in [4.69, 9.17) is 15.6 Å². The summed E-state index contributed by atoms with van der Waals surface area (Å²) in [5, 5.41) is 5.05. The number of anilines is 1. The second-order valence-electron chi connectivity index (χ2n) is 7.93. The Bertz CT molecular complexity index is 1660. The first-order valence-corrected chi connectivity index (χ1v) is 10.9. The lowest BCUT2D eigenvalue weighted by atomic mass is 10.1. The standard InChI is InChI=1S/C24H21F2N7O2/c1-4-32-22(30-16-7-5-6-14(25)18(16)24(32)34)12(2)33-23-19(21(27)28-11-29-23)20(31-33)13-8-9-17(35-3)15(26)10-13/h5-12H,4H2,1-3H3,(H2,27,28,29). The van der Waals surface area contributed by atoms with Gasteiger partial charge in [0.1, 0.15) is 40.9 Å². The molecule has 0 aliphatic rings. The van der Waals surface area contributed by atoms with Crippen molar-refractivity contribution in [2.45, 2.75) is 26.4 Å². The number of halogens is 2. The summed E-state index contributed by atoms with van der Waals surface area (Å²) in [4.78, 5) is 26.2. The molecule has 1 unspecified atom stereocenters. The van der Waals surface area contributed by atoms with Gasteiger partial charge in [-0.1, -0.05) is 6.07 Å². The van der Waals surface area contributed by atoms with Crippen molar-refractivity contribution in [3.63, 3.8) is 0 Å². The van der Waals surface area contributed by atoms with Crippen LogP contribution in [0.5, 0.6) is 5.75 Å². The fourth-order valence-electron chi connectivity index (χ4n) is 4.26. The van der Waals surface area contributed by atoms with Gasteiger partial charge in [-0.3, -0.25) is 9.36 Å². The van der Waals surface area contributed by atoms with Crippen LogP contribution in [-0.4, -0.2) is 36.4 Å². The number of rotatable bonds is 5. The zero-order chi connectivity index (χ0) is 24.9. The van der Waals surface area contributed by atoms with Crippen LogP contribution in [0, 0.1) is 11.6 Å². The molecular weight excluding hydrogens is 456 g/mol. The van der Waals surface area contributed by atoms with Crippen LogP contribution in [0.15, 0.2) is 47.5 Å². The van der Waals surface area contributed by atoms with Crippen molar-refractivity contribution in [2.75, 3.05) is 12.8 Å². The zero-order valence-corrected chi connectivity index (χ0v) is 19.2. The van der Waals surface area contributed by atoms with E-state index >= 15 is 0 Å². The lowest BCUT2D eigenvalue weighted by Gasteiger charge is -2.18. The molecule has 0 spiro atoms. The second kappa shape index (κ2) is 8.42. The van der Waals surface area contributed by atoms with Gasteiger partial charge in [-0.05, 0) is 44.2 Å². The number of nitrogens with zero attached hydrogens (tertiary/aromatic N) is 6. The largest absolute Gasteiger partial charge is 0.494 e. The molecule has 5 rings (SSSR count). The van der Waals surface area contributed by atoms with Crippen molar-refractivity contribution in [2.24, 2.45) is 0 Å². The molecule has 9 nitrogen and oxygen atoms in total. The average Bonchev–Trinajstić information content (AvgIpc) is 3.24. The molecule has 2 aromatic carbocycles. The van der Waals surface area contributed by atoms with Gasteiger partial charge >= 0.3 is 0 Å². The summed E-state index contributed by atoms with van der Waals surface area (Å²) in [5.74, 6) is -0.565. The van der Waals surface area contributed by atoms with Crippen molar-refractivity contribution < 1.29 is 13.5 Å². The van der Waals surface area contributed by atoms with E-state index in [1.165, 1.54) is 42.3 Å². The number of methoxy groups -OCH3 is 1. The summed E-state index contributed by atoms with van der Waals surface area (Å²) in [5.41, 5.74) is 7.12. The fraction of sp³-hybridized carbons (Fsp3) is 0.208. The molecule has 0 radical (unpaired) electrons. The molecule has 0 bridgehead atoms. The molecule has 0 amide bonds. The van der Waals surface area contributed by atoms with Crippen LogP contribution in [0.25, 0.3) is 33.2 Å². The summed E-state index contributed by atoms with van der Waals surface area (Å²) >= 11 is 0. The Hall–Kier alpha value is -4.41. The van der Waals surface area contributed by atoms with Crippen LogP contribution < -0.4 is 16.0 Å². The highest BCUT2D eigenvalue weighted by atomic mass is 19.1. The Morgan fingerprint density at radius 3 is 2.63 bits per heavy atom. The minimum absolute atomic E-state index is 0.0726. The summed E-state index contributed by atoms with van der Waals surface area (Å²) in [7, 11) is 1.38. The molecular formula is C24H21F2N7O2. The third kappa shape index (κ3) is 3.47. The van der Waals surface area contributed by atoms with E-state index in [-0.39, 0.29) is 29.0 Å². The highest BCUT2D eigenvalue weighted by Crippen LogP contribution is 2.34.